The molecule has 1 N–H and O–H groups in total. The predicted octanol–water partition coefficient (Wildman–Crippen LogP) is 1.58. The molecule has 0 aliphatic rings. The lowest BCUT2D eigenvalue weighted by atomic mass is 10.3. The summed E-state index contributed by atoms with van der Waals surface area (Å²) in [5, 5.41) is 7.28. The van der Waals surface area contributed by atoms with E-state index in [1.807, 2.05) is 13.0 Å². The molecule has 0 spiro atoms. The van der Waals surface area contributed by atoms with Gasteiger partial charge in [0.15, 0.2) is 9.84 Å². The van der Waals surface area contributed by atoms with Gasteiger partial charge in [-0.3, -0.25) is 0 Å². The van der Waals surface area contributed by atoms with Crippen LogP contribution < -0.4 is 5.32 Å². The van der Waals surface area contributed by atoms with Gasteiger partial charge in [-0.1, -0.05) is 0 Å². The molecule has 108 valence electrons. The number of aromatic nitrogens is 4. The van der Waals surface area contributed by atoms with E-state index in [-0.39, 0.29) is 4.90 Å². The van der Waals surface area contributed by atoms with Gasteiger partial charge in [-0.2, -0.15) is 14.6 Å². The van der Waals surface area contributed by atoms with Crippen LogP contribution in [-0.4, -0.2) is 34.3 Å². The highest BCUT2D eigenvalue weighted by molar-refractivity contribution is 7.90. The number of nitrogens with zero attached hydrogens (tertiary/aromatic N) is 4. The Balaban J connectivity index is 1.97. The Labute approximate surface area is 121 Å². The molecule has 0 bridgehead atoms. The van der Waals surface area contributed by atoms with Gasteiger partial charge in [0, 0.05) is 23.7 Å². The summed E-state index contributed by atoms with van der Waals surface area (Å²) in [6.07, 6.45) is 2.61. The Morgan fingerprint density at radius 2 is 1.90 bits per heavy atom. The maximum Gasteiger partial charge on any atom is 0.254 e. The van der Waals surface area contributed by atoms with Crippen LogP contribution in [0.4, 0.5) is 11.5 Å². The van der Waals surface area contributed by atoms with Gasteiger partial charge in [0.05, 0.1) is 4.90 Å². The molecule has 0 unspecified atom stereocenters. The third kappa shape index (κ3) is 2.70. The summed E-state index contributed by atoms with van der Waals surface area (Å²) in [4.78, 5) is 8.59. The molecule has 3 aromatic rings. The van der Waals surface area contributed by atoms with E-state index in [0.29, 0.717) is 11.6 Å². The van der Waals surface area contributed by atoms with Gasteiger partial charge in [-0.05, 0) is 31.2 Å². The maximum absolute atomic E-state index is 11.4. The van der Waals surface area contributed by atoms with Crippen LogP contribution in [0.15, 0.2) is 41.6 Å². The van der Waals surface area contributed by atoms with E-state index >= 15 is 0 Å². The summed E-state index contributed by atoms with van der Waals surface area (Å²) in [6.45, 7) is 1.87. The van der Waals surface area contributed by atoms with Gasteiger partial charge in [0.25, 0.3) is 5.78 Å². The Morgan fingerprint density at radius 1 is 1.19 bits per heavy atom. The average Bonchev–Trinajstić information content (AvgIpc) is 2.86. The van der Waals surface area contributed by atoms with Crippen molar-refractivity contribution in [1.82, 2.24) is 19.6 Å². The van der Waals surface area contributed by atoms with Crippen molar-refractivity contribution in [2.24, 2.45) is 0 Å². The quantitative estimate of drug-likeness (QED) is 0.790. The number of benzene rings is 1. The van der Waals surface area contributed by atoms with E-state index in [4.69, 9.17) is 0 Å². The third-order valence-corrected chi connectivity index (χ3v) is 4.06. The SMILES string of the molecule is Cc1cc(Nc2ccc(S(C)(=O)=O)cc2)n2ncnc2n1. The molecular weight excluding hydrogens is 290 g/mol. The first-order valence-corrected chi connectivity index (χ1v) is 8.07. The molecule has 0 radical (unpaired) electrons. The summed E-state index contributed by atoms with van der Waals surface area (Å²) >= 11 is 0. The first-order chi connectivity index (χ1) is 9.93. The van der Waals surface area contributed by atoms with Crippen LogP contribution in [0.2, 0.25) is 0 Å². The molecular formula is C13H13N5O2S. The standard InChI is InChI=1S/C13H13N5O2S/c1-9-7-12(18-13(16-9)14-8-15-18)17-10-3-5-11(6-4-10)21(2,19)20/h3-8,17H,1-2H3. The Bertz CT molecular complexity index is 900. The second-order valence-corrected chi connectivity index (χ2v) is 6.69. The van der Waals surface area contributed by atoms with Crippen LogP contribution in [0, 0.1) is 6.92 Å². The Kier molecular flexibility index (Phi) is 3.09. The third-order valence-electron chi connectivity index (χ3n) is 2.93. The van der Waals surface area contributed by atoms with Crippen LogP contribution in [0.1, 0.15) is 5.69 Å². The zero-order chi connectivity index (χ0) is 15.0. The number of rotatable bonds is 3. The second kappa shape index (κ2) is 4.81. The van der Waals surface area contributed by atoms with Crippen molar-refractivity contribution in [1.29, 1.82) is 0 Å². The summed E-state index contributed by atoms with van der Waals surface area (Å²) in [6, 6.07) is 8.37. The highest BCUT2D eigenvalue weighted by Gasteiger charge is 2.08. The van der Waals surface area contributed by atoms with E-state index < -0.39 is 9.84 Å². The predicted molar refractivity (Wildman–Crippen MR) is 78.4 cm³/mol. The van der Waals surface area contributed by atoms with Gasteiger partial charge in [-0.15, -0.1) is 0 Å². The van der Waals surface area contributed by atoms with E-state index in [9.17, 15) is 8.42 Å². The van der Waals surface area contributed by atoms with Crippen molar-refractivity contribution in [2.75, 3.05) is 11.6 Å². The molecule has 21 heavy (non-hydrogen) atoms. The Hall–Kier alpha value is -2.48. The van der Waals surface area contributed by atoms with Crippen molar-refractivity contribution < 1.29 is 8.42 Å². The van der Waals surface area contributed by atoms with Crippen molar-refractivity contribution in [3.05, 3.63) is 42.4 Å². The van der Waals surface area contributed by atoms with Crippen LogP contribution in [0.5, 0.6) is 0 Å². The maximum atomic E-state index is 11.4. The smallest absolute Gasteiger partial charge is 0.254 e. The average molecular weight is 303 g/mol. The van der Waals surface area contributed by atoms with E-state index in [1.165, 1.54) is 12.6 Å². The van der Waals surface area contributed by atoms with Crippen molar-refractivity contribution >= 4 is 27.1 Å². The second-order valence-electron chi connectivity index (χ2n) is 4.68. The first-order valence-electron chi connectivity index (χ1n) is 6.18. The number of hydrogen-bond donors (Lipinski definition) is 1. The van der Waals surface area contributed by atoms with Crippen LogP contribution in [0.25, 0.3) is 5.78 Å². The number of sulfone groups is 1. The van der Waals surface area contributed by atoms with E-state index in [0.717, 1.165) is 11.4 Å². The zero-order valence-corrected chi connectivity index (χ0v) is 12.3. The molecule has 7 nitrogen and oxygen atoms in total. The molecule has 2 aromatic heterocycles. The van der Waals surface area contributed by atoms with Gasteiger partial charge in [-0.25, -0.2) is 13.4 Å². The molecule has 0 amide bonds. The number of hydrogen-bond acceptors (Lipinski definition) is 6. The summed E-state index contributed by atoms with van der Waals surface area (Å²) in [5.41, 5.74) is 1.57. The number of fused-ring (bicyclic) bond motifs is 1. The highest BCUT2D eigenvalue weighted by Crippen LogP contribution is 2.19. The molecule has 0 fully saturated rings. The minimum Gasteiger partial charge on any atom is -0.340 e. The fraction of sp³-hybridized carbons (Fsp3) is 0.154. The molecule has 8 heteroatoms. The molecule has 2 heterocycles. The molecule has 0 saturated carbocycles. The normalized spacial score (nSPS) is 11.7. The van der Waals surface area contributed by atoms with Crippen LogP contribution >= 0.6 is 0 Å². The van der Waals surface area contributed by atoms with E-state index in [2.05, 4.69) is 20.4 Å². The number of aryl methyl sites for hydroxylation is 1. The fourth-order valence-electron chi connectivity index (χ4n) is 1.95. The van der Waals surface area contributed by atoms with Gasteiger partial charge in [0.2, 0.25) is 0 Å². The molecule has 0 saturated heterocycles. The topological polar surface area (TPSA) is 89.2 Å². The molecule has 0 aliphatic heterocycles. The lowest BCUT2D eigenvalue weighted by Crippen LogP contribution is -2.03. The zero-order valence-electron chi connectivity index (χ0n) is 11.5. The van der Waals surface area contributed by atoms with Gasteiger partial charge in [0.1, 0.15) is 12.1 Å². The largest absolute Gasteiger partial charge is 0.340 e. The van der Waals surface area contributed by atoms with Crippen molar-refractivity contribution in [3.63, 3.8) is 0 Å². The lowest BCUT2D eigenvalue weighted by molar-refractivity contribution is 0.602. The summed E-state index contributed by atoms with van der Waals surface area (Å²) < 4.78 is 24.5. The van der Waals surface area contributed by atoms with Crippen LogP contribution in [-0.2, 0) is 9.84 Å². The minimum atomic E-state index is -3.19. The number of anilines is 2. The van der Waals surface area contributed by atoms with Gasteiger partial charge < -0.3 is 5.32 Å². The van der Waals surface area contributed by atoms with Crippen molar-refractivity contribution in [3.8, 4) is 0 Å². The van der Waals surface area contributed by atoms with Crippen molar-refractivity contribution in [2.45, 2.75) is 11.8 Å². The molecule has 0 atom stereocenters. The monoisotopic (exact) mass is 303 g/mol. The fourth-order valence-corrected chi connectivity index (χ4v) is 2.58. The minimum absolute atomic E-state index is 0.282. The molecule has 1 aromatic carbocycles. The Morgan fingerprint density at radius 3 is 2.57 bits per heavy atom. The first kappa shape index (κ1) is 13.5. The summed E-state index contributed by atoms with van der Waals surface area (Å²) in [5.74, 6) is 1.22. The number of nitrogens with one attached hydrogen (secondary N) is 1. The van der Waals surface area contributed by atoms with Crippen LogP contribution in [0.3, 0.4) is 0 Å². The molecule has 0 aliphatic carbocycles. The molecule has 3 rings (SSSR count). The lowest BCUT2D eigenvalue weighted by Gasteiger charge is -2.09. The van der Waals surface area contributed by atoms with E-state index in [1.54, 1.807) is 28.8 Å². The summed E-state index contributed by atoms with van der Waals surface area (Å²) in [7, 11) is -3.19. The highest BCUT2D eigenvalue weighted by atomic mass is 32.2. The van der Waals surface area contributed by atoms with Gasteiger partial charge >= 0.3 is 0 Å².